The first-order valence-corrected chi connectivity index (χ1v) is 26.8. The van der Waals surface area contributed by atoms with Gasteiger partial charge in [0.1, 0.15) is 12.2 Å². The zero-order valence-corrected chi connectivity index (χ0v) is 42.7. The van der Waals surface area contributed by atoms with Crippen LogP contribution in [0, 0.1) is 52.3 Å². The lowest BCUT2D eigenvalue weighted by atomic mass is 9.36. The molecule has 2 spiro atoms. The van der Waals surface area contributed by atoms with Crippen molar-refractivity contribution in [3.05, 3.63) is 88.5 Å². The Labute approximate surface area is 424 Å². The number of aliphatic hydroxyl groups is 6. The summed E-state index contributed by atoms with van der Waals surface area (Å²) in [5.41, 5.74) is 3.27. The van der Waals surface area contributed by atoms with E-state index < -0.39 is 60.4 Å². The minimum atomic E-state index is -2.36. The Kier molecular flexibility index (Phi) is 15.6. The van der Waals surface area contributed by atoms with Crippen molar-refractivity contribution < 1.29 is 64.3 Å². The van der Waals surface area contributed by atoms with Crippen LogP contribution in [0.2, 0.25) is 0 Å². The molecule has 14 heteroatoms. The summed E-state index contributed by atoms with van der Waals surface area (Å²) in [6, 6.07) is 9.94. The summed E-state index contributed by atoms with van der Waals surface area (Å²) in [6.07, 6.45) is 10.3. The van der Waals surface area contributed by atoms with Crippen LogP contribution < -0.4 is 10.1 Å². The Bertz CT molecular complexity index is 2380. The number of carbonyl (C=O) groups is 2. The smallest absolute Gasteiger partial charge is 0.334 e. The van der Waals surface area contributed by atoms with Crippen LogP contribution in [0.25, 0.3) is 6.08 Å². The number of ether oxygens (including phenoxy) is 4. The van der Waals surface area contributed by atoms with Crippen molar-refractivity contribution in [2.24, 2.45) is 52.3 Å². The summed E-state index contributed by atoms with van der Waals surface area (Å²) in [6.45, 7) is 8.41. The lowest BCUT2D eigenvalue weighted by molar-refractivity contribution is -0.333. The fraction of sp³-hybridized carbons (Fsp3) is 0.655. The van der Waals surface area contributed by atoms with Crippen molar-refractivity contribution in [2.75, 3.05) is 26.9 Å². The first-order valence-electron chi connectivity index (χ1n) is 26.8. The maximum absolute atomic E-state index is 15.1. The summed E-state index contributed by atoms with van der Waals surface area (Å²) in [7, 11) is 1.42. The Balaban J connectivity index is 1.03. The number of rotatable bonds is 17. The number of benzene rings is 2. The number of methoxy groups -OCH3 is 1. The molecule has 7 aliphatic carbocycles. The molecule has 2 aliphatic heterocycles. The first-order chi connectivity index (χ1) is 34.4. The van der Waals surface area contributed by atoms with Gasteiger partial charge in [-0.3, -0.25) is 4.79 Å². The van der Waals surface area contributed by atoms with Crippen LogP contribution in [0.3, 0.4) is 0 Å². The van der Waals surface area contributed by atoms with E-state index in [1.165, 1.54) is 19.3 Å². The zero-order valence-electron chi connectivity index (χ0n) is 42.7. The van der Waals surface area contributed by atoms with Gasteiger partial charge < -0.3 is 60.0 Å². The molecule has 1 saturated heterocycles. The van der Waals surface area contributed by atoms with Gasteiger partial charge in [-0.2, -0.15) is 0 Å². The average molecular weight is 998 g/mol. The quantitative estimate of drug-likeness (QED) is 0.0514. The van der Waals surface area contributed by atoms with Gasteiger partial charge in [-0.1, -0.05) is 63.3 Å². The third-order valence-electron chi connectivity index (χ3n) is 18.7. The third kappa shape index (κ3) is 9.84. The van der Waals surface area contributed by atoms with Crippen molar-refractivity contribution in [1.29, 1.82) is 0 Å². The predicted molar refractivity (Wildman–Crippen MR) is 269 cm³/mol. The van der Waals surface area contributed by atoms with Gasteiger partial charge in [0.25, 0.3) is 0 Å². The Morgan fingerprint density at radius 3 is 2.50 bits per heavy atom. The molecule has 2 aromatic carbocycles. The number of carbonyl (C=O) groups excluding carboxylic acids is 2. The number of allylic oxidation sites excluding steroid dienone is 2. The van der Waals surface area contributed by atoms with Crippen LogP contribution in [0.4, 0.5) is 0 Å². The summed E-state index contributed by atoms with van der Waals surface area (Å²) < 4.78 is 24.3. The highest BCUT2D eigenvalue weighted by molar-refractivity contribution is 5.94. The van der Waals surface area contributed by atoms with Crippen molar-refractivity contribution >= 4 is 18.0 Å². The highest BCUT2D eigenvalue weighted by Crippen LogP contribution is 2.72. The van der Waals surface area contributed by atoms with E-state index in [2.05, 4.69) is 38.2 Å². The molecule has 4 saturated carbocycles. The van der Waals surface area contributed by atoms with Gasteiger partial charge in [0, 0.05) is 31.8 Å². The second-order valence-corrected chi connectivity index (χ2v) is 23.1. The first kappa shape index (κ1) is 52.7. The molecular weight excluding hydrogens is 919 g/mol. The number of phenols is 1. The van der Waals surface area contributed by atoms with Crippen LogP contribution in [-0.2, 0) is 36.6 Å². The average Bonchev–Trinajstić information content (AvgIpc) is 3.34. The topological polar surface area (TPSA) is 225 Å². The molecule has 72 heavy (non-hydrogen) atoms. The van der Waals surface area contributed by atoms with Crippen molar-refractivity contribution in [3.8, 4) is 11.5 Å². The van der Waals surface area contributed by atoms with E-state index in [4.69, 9.17) is 18.9 Å². The normalized spacial score (nSPS) is 38.1. The molecule has 14 nitrogen and oxygen atoms in total. The zero-order chi connectivity index (χ0) is 51.3. The molecule has 9 aliphatic rings. The Morgan fingerprint density at radius 2 is 1.79 bits per heavy atom. The molecule has 17 atom stereocenters. The largest absolute Gasteiger partial charge is 0.504 e. The molecule has 17 unspecified atom stereocenters. The molecule has 2 aromatic rings. The third-order valence-corrected chi connectivity index (χ3v) is 18.7. The molecule has 11 rings (SSSR count). The second-order valence-electron chi connectivity index (χ2n) is 23.1. The minimum absolute atomic E-state index is 0.00315. The van der Waals surface area contributed by atoms with Crippen LogP contribution in [0.1, 0.15) is 120 Å². The molecule has 2 heterocycles. The Morgan fingerprint density at radius 1 is 0.986 bits per heavy atom. The number of nitrogens with one attached hydrogen (secondary N) is 1. The summed E-state index contributed by atoms with van der Waals surface area (Å²) in [4.78, 5) is 29.7. The number of fused-ring (bicyclic) bond motifs is 8. The van der Waals surface area contributed by atoms with Crippen molar-refractivity contribution in [1.82, 2.24) is 5.32 Å². The SMILES string of the molecule is COc1cc(C=C(CC2c3cc(CCO)ccc3CCC2CO)C(=O)OC2C(OC(=O)CCC3C4C=CC5(CCC(C(C)C)C6CCC35CC6O)CC4C)C(O)C3OC2(O)C=CC3NCC(C)O)ccc1O. The summed E-state index contributed by atoms with van der Waals surface area (Å²) in [5, 5.41) is 81.0. The van der Waals surface area contributed by atoms with Crippen LogP contribution >= 0.6 is 0 Å². The molecular formula is C58H79NO13. The number of hydrogen-bond donors (Lipinski definition) is 8. The molecule has 0 radical (unpaired) electrons. The standard InChI is InChI=1S/C58H79NO13/c1-32(2)40-14-19-56-20-15-41(33(3)28-56)45(57(56)21-16-42(40)48(64)29-57)11-13-50(65)70-53-51(66)52-46(59-30-34(4)62)17-22-58(68,72-52)54(53)71-55(67)39(24-36-7-12-47(63)49(26-36)69-5)27-44-38(31-61)10-9-37-8-6-35(18-23-60)25-43(37)44/h6-8,12,15,17,20,22,24-26,32-34,38,40-42,44-46,48,51-54,59-64,66,68H,9-11,13-14,16,18-19,21,23,27-31H2,1-5H3. The fourth-order valence-electron chi connectivity index (χ4n) is 15.2. The van der Waals surface area contributed by atoms with Gasteiger partial charge in [-0.05, 0) is 182 Å². The minimum Gasteiger partial charge on any atom is -0.504 e. The van der Waals surface area contributed by atoms with E-state index in [9.17, 15) is 40.5 Å². The lowest BCUT2D eigenvalue weighted by Crippen LogP contribution is -2.71. The number of aromatic hydroxyl groups is 1. The predicted octanol–water partition coefficient (Wildman–Crippen LogP) is 6.05. The van der Waals surface area contributed by atoms with E-state index in [-0.39, 0.29) is 90.1 Å². The van der Waals surface area contributed by atoms with Gasteiger partial charge in [-0.25, -0.2) is 4.79 Å². The number of phenolic OH excluding ortho intramolecular Hbond substituents is 1. The van der Waals surface area contributed by atoms with Gasteiger partial charge in [0.15, 0.2) is 23.7 Å². The van der Waals surface area contributed by atoms with Crippen molar-refractivity contribution in [3.63, 3.8) is 0 Å². The van der Waals surface area contributed by atoms with E-state index in [1.54, 1.807) is 31.2 Å². The van der Waals surface area contributed by atoms with Crippen molar-refractivity contribution in [2.45, 2.75) is 159 Å². The summed E-state index contributed by atoms with van der Waals surface area (Å²) >= 11 is 0. The Hall–Kier alpha value is -4.12. The van der Waals surface area contributed by atoms with Gasteiger partial charge in [0.2, 0.25) is 5.79 Å². The van der Waals surface area contributed by atoms with E-state index >= 15 is 4.79 Å². The second kappa shape index (κ2) is 21.2. The molecule has 5 fully saturated rings. The molecule has 0 aromatic heterocycles. The van der Waals surface area contributed by atoms with Gasteiger partial charge in [0.05, 0.1) is 25.4 Å². The maximum atomic E-state index is 15.1. The lowest BCUT2D eigenvalue weighted by Gasteiger charge is -2.68. The number of aryl methyl sites for hydroxylation is 1. The van der Waals surface area contributed by atoms with Crippen LogP contribution in [-0.4, -0.2) is 123 Å². The van der Waals surface area contributed by atoms with Crippen LogP contribution in [0.15, 0.2) is 66.3 Å². The number of esters is 2. The fourth-order valence-corrected chi connectivity index (χ4v) is 15.2. The van der Waals surface area contributed by atoms with Gasteiger partial charge in [-0.15, -0.1) is 0 Å². The monoisotopic (exact) mass is 998 g/mol. The highest BCUT2D eigenvalue weighted by atomic mass is 16.7. The van der Waals surface area contributed by atoms with E-state index in [0.29, 0.717) is 55.4 Å². The number of hydrogen-bond acceptors (Lipinski definition) is 14. The van der Waals surface area contributed by atoms with Gasteiger partial charge >= 0.3 is 11.9 Å². The summed E-state index contributed by atoms with van der Waals surface area (Å²) in [5.74, 6) is -2.53. The van der Waals surface area contributed by atoms with E-state index in [1.807, 2.05) is 18.2 Å². The van der Waals surface area contributed by atoms with Crippen LogP contribution in [0.5, 0.6) is 11.5 Å². The molecule has 394 valence electrons. The molecule has 6 bridgehead atoms. The molecule has 0 amide bonds. The highest BCUT2D eigenvalue weighted by Gasteiger charge is 2.65. The number of aliphatic hydroxyl groups excluding tert-OH is 5. The van der Waals surface area contributed by atoms with E-state index in [0.717, 1.165) is 48.8 Å². The maximum Gasteiger partial charge on any atom is 0.334 e. The molecule has 8 N–H and O–H groups in total.